The largest absolute Gasteiger partial charge is 0.323 e. The number of halogens is 3. The number of carbonyl (C=O) groups is 1. The van der Waals surface area contributed by atoms with Crippen LogP contribution >= 0.6 is 45.8 Å². The molecule has 0 aromatic heterocycles. The Hall–Kier alpha value is -0.980. The quantitative estimate of drug-likeness (QED) is 0.657. The smallest absolute Gasteiger partial charge is 0.307 e. The molecule has 98 valence electrons. The van der Waals surface area contributed by atoms with Crippen LogP contribution in [0.25, 0.3) is 0 Å². The van der Waals surface area contributed by atoms with E-state index in [-0.39, 0.29) is 6.03 Å². The summed E-state index contributed by atoms with van der Waals surface area (Å²) in [5.41, 5.74) is 1.20. The molecule has 0 radical (unpaired) electrons. The number of carbonyl (C=O) groups excluding carboxylic acids is 1. The van der Waals surface area contributed by atoms with Crippen molar-refractivity contribution in [3.05, 3.63) is 56.1 Å². The summed E-state index contributed by atoms with van der Waals surface area (Å²) in [6.45, 7) is 0. The normalized spacial score (nSPS) is 10.1. The summed E-state index contributed by atoms with van der Waals surface area (Å²) in [7, 11) is 0. The molecule has 2 amide bonds. The van der Waals surface area contributed by atoms with Crippen LogP contribution in [0.15, 0.2) is 42.5 Å². The van der Waals surface area contributed by atoms with Crippen molar-refractivity contribution >= 4 is 63.2 Å². The van der Waals surface area contributed by atoms with Crippen LogP contribution < -0.4 is 10.6 Å². The first-order valence-electron chi connectivity index (χ1n) is 5.34. The third-order valence-electron chi connectivity index (χ3n) is 2.32. The fraction of sp³-hybridized carbons (Fsp3) is 0. The summed E-state index contributed by atoms with van der Waals surface area (Å²) < 4.78 is 0.951. The van der Waals surface area contributed by atoms with Crippen LogP contribution in [0.2, 0.25) is 10.0 Å². The molecule has 6 heteroatoms. The van der Waals surface area contributed by atoms with E-state index in [1.165, 1.54) is 0 Å². The van der Waals surface area contributed by atoms with Crippen molar-refractivity contribution in [1.29, 1.82) is 0 Å². The summed E-state index contributed by atoms with van der Waals surface area (Å²) in [5.74, 6) is 0. The van der Waals surface area contributed by atoms with Gasteiger partial charge in [0.15, 0.2) is 0 Å². The Balaban J connectivity index is 2.10. The SMILES string of the molecule is O=C(Nc1ccccc1I)Nc1cccc(Cl)c1Cl. The van der Waals surface area contributed by atoms with Crippen molar-refractivity contribution < 1.29 is 4.79 Å². The van der Waals surface area contributed by atoms with Gasteiger partial charge in [-0.15, -0.1) is 0 Å². The zero-order valence-electron chi connectivity index (χ0n) is 9.58. The number of amides is 2. The summed E-state index contributed by atoms with van der Waals surface area (Å²) in [6.07, 6.45) is 0. The van der Waals surface area contributed by atoms with E-state index in [1.807, 2.05) is 24.3 Å². The van der Waals surface area contributed by atoms with Crippen molar-refractivity contribution in [1.82, 2.24) is 0 Å². The molecule has 2 aromatic rings. The molecule has 0 fully saturated rings. The second kappa shape index (κ2) is 6.45. The van der Waals surface area contributed by atoms with E-state index in [9.17, 15) is 4.79 Å². The van der Waals surface area contributed by atoms with Gasteiger partial charge in [0.1, 0.15) is 0 Å². The molecule has 0 heterocycles. The summed E-state index contributed by atoms with van der Waals surface area (Å²) in [4.78, 5) is 11.9. The standard InChI is InChI=1S/C13H9Cl2IN2O/c14-8-4-3-7-11(12(8)15)18-13(19)17-10-6-2-1-5-9(10)16/h1-7H,(H2,17,18,19). The highest BCUT2D eigenvalue weighted by atomic mass is 127. The lowest BCUT2D eigenvalue weighted by molar-refractivity contribution is 0.262. The first kappa shape index (κ1) is 14.4. The fourth-order valence-electron chi connectivity index (χ4n) is 1.44. The Kier molecular flexibility index (Phi) is 4.90. The van der Waals surface area contributed by atoms with Gasteiger partial charge in [-0.05, 0) is 46.9 Å². The van der Waals surface area contributed by atoms with Crippen LogP contribution in [0.4, 0.5) is 16.2 Å². The maximum atomic E-state index is 11.9. The number of benzene rings is 2. The maximum Gasteiger partial charge on any atom is 0.323 e. The van der Waals surface area contributed by atoms with E-state index in [0.29, 0.717) is 15.7 Å². The minimum atomic E-state index is -0.367. The van der Waals surface area contributed by atoms with Gasteiger partial charge in [0.25, 0.3) is 0 Å². The molecule has 0 atom stereocenters. The number of rotatable bonds is 2. The predicted molar refractivity (Wildman–Crippen MR) is 88.3 cm³/mol. The molecule has 0 saturated heterocycles. The molecule has 3 nitrogen and oxygen atoms in total. The highest BCUT2D eigenvalue weighted by Crippen LogP contribution is 2.29. The van der Waals surface area contributed by atoms with Gasteiger partial charge < -0.3 is 10.6 Å². The fourth-order valence-corrected chi connectivity index (χ4v) is 2.31. The third-order valence-corrected chi connectivity index (χ3v) is 4.08. The van der Waals surface area contributed by atoms with Crippen molar-refractivity contribution in [3.8, 4) is 0 Å². The second-order valence-corrected chi connectivity index (χ2v) is 5.61. The molecule has 0 bridgehead atoms. The minimum absolute atomic E-state index is 0.321. The van der Waals surface area contributed by atoms with E-state index in [0.717, 1.165) is 9.26 Å². The molecule has 2 rings (SSSR count). The van der Waals surface area contributed by atoms with Crippen molar-refractivity contribution in [2.75, 3.05) is 10.6 Å². The Morgan fingerprint density at radius 2 is 1.58 bits per heavy atom. The number of nitrogens with one attached hydrogen (secondary N) is 2. The van der Waals surface area contributed by atoms with Gasteiger partial charge in [0, 0.05) is 3.57 Å². The van der Waals surface area contributed by atoms with Gasteiger partial charge in [0.05, 0.1) is 21.4 Å². The summed E-state index contributed by atoms with van der Waals surface area (Å²) >= 11 is 14.0. The van der Waals surface area contributed by atoms with Gasteiger partial charge in [-0.2, -0.15) is 0 Å². The van der Waals surface area contributed by atoms with Gasteiger partial charge in [0.2, 0.25) is 0 Å². The monoisotopic (exact) mass is 406 g/mol. The van der Waals surface area contributed by atoms with Crippen molar-refractivity contribution in [3.63, 3.8) is 0 Å². The molecular formula is C13H9Cl2IN2O. The molecule has 0 spiro atoms. The lowest BCUT2D eigenvalue weighted by Gasteiger charge is -2.10. The molecule has 2 aromatic carbocycles. The van der Waals surface area contributed by atoms with Gasteiger partial charge in [-0.25, -0.2) is 4.79 Å². The number of anilines is 2. The van der Waals surface area contributed by atoms with Crippen molar-refractivity contribution in [2.24, 2.45) is 0 Å². The van der Waals surface area contributed by atoms with E-state index in [1.54, 1.807) is 18.2 Å². The Bertz CT molecular complexity index is 619. The molecular weight excluding hydrogens is 398 g/mol. The van der Waals surface area contributed by atoms with Gasteiger partial charge in [-0.1, -0.05) is 41.4 Å². The van der Waals surface area contributed by atoms with Crippen LogP contribution in [0.5, 0.6) is 0 Å². The maximum absolute atomic E-state index is 11.9. The Labute approximate surface area is 134 Å². The zero-order valence-corrected chi connectivity index (χ0v) is 13.3. The lowest BCUT2D eigenvalue weighted by atomic mass is 10.3. The van der Waals surface area contributed by atoms with Gasteiger partial charge in [-0.3, -0.25) is 0 Å². The highest BCUT2D eigenvalue weighted by Gasteiger charge is 2.09. The number of para-hydroxylation sites is 1. The molecule has 0 unspecified atom stereocenters. The molecule has 2 N–H and O–H groups in total. The molecule has 0 saturated carbocycles. The molecule has 0 aliphatic carbocycles. The van der Waals surface area contributed by atoms with Crippen molar-refractivity contribution in [2.45, 2.75) is 0 Å². The molecule has 0 aliphatic rings. The van der Waals surface area contributed by atoms with E-state index in [2.05, 4.69) is 33.2 Å². The Morgan fingerprint density at radius 3 is 2.32 bits per heavy atom. The highest BCUT2D eigenvalue weighted by molar-refractivity contribution is 14.1. The van der Waals surface area contributed by atoms with Crippen LogP contribution in [0.1, 0.15) is 0 Å². The lowest BCUT2D eigenvalue weighted by Crippen LogP contribution is -2.20. The second-order valence-electron chi connectivity index (χ2n) is 3.66. The van der Waals surface area contributed by atoms with Crippen LogP contribution in [0.3, 0.4) is 0 Å². The van der Waals surface area contributed by atoms with E-state index in [4.69, 9.17) is 23.2 Å². The third kappa shape index (κ3) is 3.75. The summed E-state index contributed by atoms with van der Waals surface area (Å²) in [5, 5.41) is 6.12. The zero-order chi connectivity index (χ0) is 13.8. The topological polar surface area (TPSA) is 41.1 Å². The molecule has 19 heavy (non-hydrogen) atoms. The average Bonchev–Trinajstić information content (AvgIpc) is 2.38. The number of hydrogen-bond acceptors (Lipinski definition) is 1. The first-order valence-corrected chi connectivity index (χ1v) is 7.18. The van der Waals surface area contributed by atoms with Crippen LogP contribution in [-0.4, -0.2) is 6.03 Å². The van der Waals surface area contributed by atoms with Crippen LogP contribution in [-0.2, 0) is 0 Å². The van der Waals surface area contributed by atoms with Crippen LogP contribution in [0, 0.1) is 3.57 Å². The number of urea groups is 1. The minimum Gasteiger partial charge on any atom is -0.307 e. The Morgan fingerprint density at radius 1 is 0.947 bits per heavy atom. The van der Waals surface area contributed by atoms with Gasteiger partial charge >= 0.3 is 6.03 Å². The average molecular weight is 407 g/mol. The predicted octanol–water partition coefficient (Wildman–Crippen LogP) is 5.24. The first-order chi connectivity index (χ1) is 9.08. The summed E-state index contributed by atoms with van der Waals surface area (Å²) in [6, 6.07) is 12.2. The van der Waals surface area contributed by atoms with E-state index < -0.39 is 0 Å². The molecule has 0 aliphatic heterocycles. The number of hydrogen-bond donors (Lipinski definition) is 2. The van der Waals surface area contributed by atoms with E-state index >= 15 is 0 Å².